The van der Waals surface area contributed by atoms with Gasteiger partial charge in [0.05, 0.1) is 9.90 Å². The third-order valence-electron chi connectivity index (χ3n) is 3.35. The van der Waals surface area contributed by atoms with E-state index in [0.717, 1.165) is 27.1 Å². The molecule has 2 aromatic heterocycles. The highest BCUT2D eigenvalue weighted by Gasteiger charge is 2.22. The number of nitrogens with zero attached hydrogens (tertiary/aromatic N) is 2. The zero-order chi connectivity index (χ0) is 11.8. The number of hydrogen-bond donors (Lipinski definition) is 1. The summed E-state index contributed by atoms with van der Waals surface area (Å²) in [4.78, 5) is 5.57. The van der Waals surface area contributed by atoms with Gasteiger partial charge >= 0.3 is 0 Å². The predicted octanol–water partition coefficient (Wildman–Crippen LogP) is 4.15. The third-order valence-corrected chi connectivity index (χ3v) is 5.04. The monoisotopic (exact) mass is 267 g/mol. The second-order valence-electron chi connectivity index (χ2n) is 4.59. The number of nitrogens with one attached hydrogen (secondary N) is 1. The molecule has 2 heterocycles. The average molecular weight is 268 g/mol. The summed E-state index contributed by atoms with van der Waals surface area (Å²) >= 11 is 7.84. The zero-order valence-electron chi connectivity index (χ0n) is 9.66. The molecule has 0 radical (unpaired) electrons. The van der Waals surface area contributed by atoms with Crippen LogP contribution in [0.15, 0.2) is 5.38 Å². The van der Waals surface area contributed by atoms with Crippen LogP contribution in [-0.4, -0.2) is 15.2 Å². The van der Waals surface area contributed by atoms with E-state index in [2.05, 4.69) is 15.2 Å². The van der Waals surface area contributed by atoms with E-state index in [1.807, 2.05) is 12.3 Å². The lowest BCUT2D eigenvalue weighted by Gasteiger charge is -2.01. The summed E-state index contributed by atoms with van der Waals surface area (Å²) in [5, 5.41) is 10.2. The van der Waals surface area contributed by atoms with E-state index in [1.54, 1.807) is 11.3 Å². The molecule has 0 unspecified atom stereocenters. The summed E-state index contributed by atoms with van der Waals surface area (Å²) in [6.45, 7) is 2.01. The number of aryl methyl sites for hydroxylation is 1. The molecule has 5 heteroatoms. The van der Waals surface area contributed by atoms with Gasteiger partial charge in [0.15, 0.2) is 5.82 Å². The molecular formula is C12H14ClN3S. The zero-order valence-corrected chi connectivity index (χ0v) is 11.2. The first-order chi connectivity index (χ1) is 8.25. The van der Waals surface area contributed by atoms with Crippen molar-refractivity contribution in [2.24, 2.45) is 0 Å². The molecular weight excluding hydrogens is 254 g/mol. The maximum atomic E-state index is 6.23. The van der Waals surface area contributed by atoms with Crippen molar-refractivity contribution in [2.45, 2.75) is 38.5 Å². The summed E-state index contributed by atoms with van der Waals surface area (Å²) in [7, 11) is 0. The Labute approximate surface area is 109 Å². The molecule has 2 aromatic rings. The van der Waals surface area contributed by atoms with Gasteiger partial charge in [-0.25, -0.2) is 4.98 Å². The van der Waals surface area contributed by atoms with Crippen LogP contribution < -0.4 is 0 Å². The van der Waals surface area contributed by atoms with Crippen LogP contribution in [0.25, 0.3) is 10.7 Å². The second-order valence-corrected chi connectivity index (χ2v) is 5.85. The average Bonchev–Trinajstić information content (AvgIpc) is 3.01. The van der Waals surface area contributed by atoms with Crippen molar-refractivity contribution in [3.63, 3.8) is 0 Å². The van der Waals surface area contributed by atoms with E-state index < -0.39 is 0 Å². The van der Waals surface area contributed by atoms with Crippen molar-refractivity contribution in [2.75, 3.05) is 0 Å². The fourth-order valence-electron chi connectivity index (χ4n) is 2.34. The lowest BCUT2D eigenvalue weighted by Crippen LogP contribution is -1.94. The number of rotatable bonds is 2. The van der Waals surface area contributed by atoms with Crippen molar-refractivity contribution in [3.05, 3.63) is 21.8 Å². The lowest BCUT2D eigenvalue weighted by molar-refractivity contribution is 0.672. The van der Waals surface area contributed by atoms with E-state index in [9.17, 15) is 0 Å². The van der Waals surface area contributed by atoms with Gasteiger partial charge in [-0.15, -0.1) is 11.3 Å². The maximum absolute atomic E-state index is 6.23. The first kappa shape index (κ1) is 11.2. The number of aromatic nitrogens is 3. The minimum Gasteiger partial charge on any atom is -0.262 e. The van der Waals surface area contributed by atoms with Gasteiger partial charge in [0, 0.05) is 5.92 Å². The maximum Gasteiger partial charge on any atom is 0.192 e. The highest BCUT2D eigenvalue weighted by molar-refractivity contribution is 7.14. The van der Waals surface area contributed by atoms with E-state index in [-0.39, 0.29) is 0 Å². The molecule has 0 saturated heterocycles. The smallest absolute Gasteiger partial charge is 0.192 e. The summed E-state index contributed by atoms with van der Waals surface area (Å²) in [6, 6.07) is 0. The minimum absolute atomic E-state index is 0.566. The molecule has 1 aliphatic rings. The molecule has 0 spiro atoms. The Morgan fingerprint density at radius 1 is 1.41 bits per heavy atom. The lowest BCUT2D eigenvalue weighted by atomic mass is 10.1. The van der Waals surface area contributed by atoms with Crippen molar-refractivity contribution >= 4 is 22.9 Å². The van der Waals surface area contributed by atoms with Crippen LogP contribution in [0.1, 0.15) is 43.0 Å². The van der Waals surface area contributed by atoms with E-state index in [1.165, 1.54) is 25.7 Å². The molecule has 3 rings (SSSR count). The fraction of sp³-hybridized carbons (Fsp3) is 0.500. The van der Waals surface area contributed by atoms with Crippen LogP contribution in [0.4, 0.5) is 0 Å². The van der Waals surface area contributed by atoms with Crippen molar-refractivity contribution in [1.29, 1.82) is 0 Å². The Hall–Kier alpha value is -0.870. The number of aromatic amines is 1. The van der Waals surface area contributed by atoms with Crippen LogP contribution in [0.5, 0.6) is 0 Å². The van der Waals surface area contributed by atoms with Crippen molar-refractivity contribution in [3.8, 4) is 10.7 Å². The molecule has 1 fully saturated rings. The first-order valence-corrected chi connectivity index (χ1v) is 7.17. The molecule has 0 amide bonds. The highest BCUT2D eigenvalue weighted by Crippen LogP contribution is 2.36. The van der Waals surface area contributed by atoms with Crippen molar-refractivity contribution in [1.82, 2.24) is 15.2 Å². The largest absolute Gasteiger partial charge is 0.262 e. The second kappa shape index (κ2) is 4.42. The predicted molar refractivity (Wildman–Crippen MR) is 70.7 cm³/mol. The van der Waals surface area contributed by atoms with Gasteiger partial charge in [-0.2, -0.15) is 5.10 Å². The van der Waals surface area contributed by atoms with E-state index in [0.29, 0.717) is 5.92 Å². The topological polar surface area (TPSA) is 41.6 Å². The molecule has 0 aliphatic heterocycles. The Morgan fingerprint density at radius 3 is 2.82 bits per heavy atom. The normalized spacial score (nSPS) is 16.8. The molecule has 90 valence electrons. The number of thiophene rings is 1. The molecule has 0 aromatic carbocycles. The van der Waals surface area contributed by atoms with Crippen LogP contribution in [0.2, 0.25) is 5.02 Å². The van der Waals surface area contributed by atoms with Gasteiger partial charge in [0.2, 0.25) is 0 Å². The SMILES string of the molecule is Cc1csc(-c2n[nH]c(C3CCCC3)n2)c1Cl. The first-order valence-electron chi connectivity index (χ1n) is 5.92. The van der Waals surface area contributed by atoms with Gasteiger partial charge in [-0.05, 0) is 30.7 Å². The van der Waals surface area contributed by atoms with Gasteiger partial charge in [0.25, 0.3) is 0 Å². The molecule has 1 saturated carbocycles. The molecule has 0 atom stereocenters. The summed E-state index contributed by atoms with van der Waals surface area (Å²) in [5.74, 6) is 2.34. The van der Waals surface area contributed by atoms with Crippen molar-refractivity contribution < 1.29 is 0 Å². The van der Waals surface area contributed by atoms with Crippen LogP contribution in [0, 0.1) is 6.92 Å². The van der Waals surface area contributed by atoms with E-state index in [4.69, 9.17) is 11.6 Å². The molecule has 0 bridgehead atoms. The van der Waals surface area contributed by atoms with Crippen LogP contribution >= 0.6 is 22.9 Å². The Kier molecular flexibility index (Phi) is 2.92. The number of H-pyrrole nitrogens is 1. The summed E-state index contributed by atoms with van der Waals surface area (Å²) < 4.78 is 0. The Morgan fingerprint density at radius 2 is 2.18 bits per heavy atom. The van der Waals surface area contributed by atoms with Gasteiger partial charge in [0.1, 0.15) is 5.82 Å². The van der Waals surface area contributed by atoms with Gasteiger partial charge in [-0.3, -0.25) is 5.10 Å². The minimum atomic E-state index is 0.566. The van der Waals surface area contributed by atoms with E-state index >= 15 is 0 Å². The molecule has 1 aliphatic carbocycles. The summed E-state index contributed by atoms with van der Waals surface area (Å²) in [6.07, 6.45) is 5.07. The third kappa shape index (κ3) is 2.00. The quantitative estimate of drug-likeness (QED) is 0.888. The number of halogens is 1. The Bertz CT molecular complexity index is 526. The van der Waals surface area contributed by atoms with Crippen LogP contribution in [0.3, 0.4) is 0 Å². The molecule has 1 N–H and O–H groups in total. The standard InChI is InChI=1S/C12H14ClN3S/c1-7-6-17-10(9(7)13)12-14-11(15-16-12)8-4-2-3-5-8/h6,8H,2-5H2,1H3,(H,14,15,16). The van der Waals surface area contributed by atoms with Crippen LogP contribution in [-0.2, 0) is 0 Å². The van der Waals surface area contributed by atoms with Gasteiger partial charge < -0.3 is 0 Å². The fourth-order valence-corrected chi connectivity index (χ4v) is 3.55. The Balaban J connectivity index is 1.91. The highest BCUT2D eigenvalue weighted by atomic mass is 35.5. The number of hydrogen-bond acceptors (Lipinski definition) is 3. The molecule has 17 heavy (non-hydrogen) atoms. The summed E-state index contributed by atoms with van der Waals surface area (Å²) in [5.41, 5.74) is 1.10. The van der Waals surface area contributed by atoms with Gasteiger partial charge in [-0.1, -0.05) is 24.4 Å². The molecule has 3 nitrogen and oxygen atoms in total.